The van der Waals surface area contributed by atoms with Crippen molar-refractivity contribution in [1.29, 1.82) is 5.26 Å². The zero-order chi connectivity index (χ0) is 20.0. The number of halogens is 4. The highest BCUT2D eigenvalue weighted by Gasteiger charge is 2.33. The van der Waals surface area contributed by atoms with Crippen LogP contribution in [-0.2, 0) is 0 Å². The number of aliphatic hydroxyl groups excluding tert-OH is 1. The van der Waals surface area contributed by atoms with Crippen LogP contribution in [0, 0.1) is 28.8 Å². The predicted octanol–water partition coefficient (Wildman–Crippen LogP) is 3.30. The van der Waals surface area contributed by atoms with E-state index in [0.29, 0.717) is 25.1 Å². The monoisotopic (exact) mass is 407 g/mol. The third kappa shape index (κ3) is 2.77. The van der Waals surface area contributed by atoms with Crippen LogP contribution in [0.3, 0.4) is 0 Å². The highest BCUT2D eigenvalue weighted by atomic mass is 35.5. The number of nitrogens with zero attached hydrogens (tertiary/aromatic N) is 5. The lowest BCUT2D eigenvalue weighted by Gasteiger charge is -2.28. The van der Waals surface area contributed by atoms with Crippen LogP contribution in [0.1, 0.15) is 18.4 Å². The van der Waals surface area contributed by atoms with Crippen LogP contribution in [0.25, 0.3) is 16.8 Å². The zero-order valence-corrected chi connectivity index (χ0v) is 15.1. The van der Waals surface area contributed by atoms with Gasteiger partial charge in [-0.05, 0) is 12.8 Å². The molecule has 1 aromatic carbocycles. The molecule has 0 saturated carbocycles. The normalized spacial score (nSPS) is 16.7. The van der Waals surface area contributed by atoms with Crippen molar-refractivity contribution in [3.63, 3.8) is 0 Å². The van der Waals surface area contributed by atoms with Gasteiger partial charge < -0.3 is 10.0 Å². The second-order valence-corrected chi connectivity index (χ2v) is 6.78. The molecule has 2 aromatic heterocycles. The molecule has 0 bridgehead atoms. The van der Waals surface area contributed by atoms with Crippen molar-refractivity contribution in [2.24, 2.45) is 0 Å². The quantitative estimate of drug-likeness (QED) is 0.674. The van der Waals surface area contributed by atoms with E-state index in [1.54, 1.807) is 4.90 Å². The van der Waals surface area contributed by atoms with E-state index in [2.05, 4.69) is 10.1 Å². The van der Waals surface area contributed by atoms with Gasteiger partial charge in [0.25, 0.3) is 0 Å². The zero-order valence-electron chi connectivity index (χ0n) is 14.3. The molecule has 0 unspecified atom stereocenters. The topological polar surface area (TPSA) is 77.5 Å². The fourth-order valence-electron chi connectivity index (χ4n) is 3.60. The summed E-state index contributed by atoms with van der Waals surface area (Å²) in [4.78, 5) is 5.83. The van der Waals surface area contributed by atoms with E-state index in [-0.39, 0.29) is 40.4 Å². The molecular weight excluding hydrogens is 395 g/mol. The van der Waals surface area contributed by atoms with Crippen molar-refractivity contribution in [2.45, 2.75) is 18.9 Å². The maximum absolute atomic E-state index is 14.6. The van der Waals surface area contributed by atoms with Crippen molar-refractivity contribution in [3.05, 3.63) is 46.5 Å². The van der Waals surface area contributed by atoms with Crippen LogP contribution in [0.4, 0.5) is 19.0 Å². The Morgan fingerprint density at radius 3 is 2.61 bits per heavy atom. The van der Waals surface area contributed by atoms with E-state index < -0.39 is 23.0 Å². The van der Waals surface area contributed by atoms with Crippen LogP contribution in [-0.4, -0.2) is 38.9 Å². The maximum Gasteiger partial charge on any atom is 0.176 e. The summed E-state index contributed by atoms with van der Waals surface area (Å²) in [5.74, 6) is -3.16. The number of hydrogen-bond acceptors (Lipinski definition) is 5. The summed E-state index contributed by atoms with van der Waals surface area (Å²) in [6.07, 6.45) is 2.65. The molecule has 0 spiro atoms. The van der Waals surface area contributed by atoms with Crippen LogP contribution >= 0.6 is 11.6 Å². The minimum absolute atomic E-state index is 0.114. The minimum atomic E-state index is -1.14. The fourth-order valence-corrected chi connectivity index (χ4v) is 3.86. The minimum Gasteiger partial charge on any atom is -0.394 e. The molecule has 10 heteroatoms. The molecule has 1 aliphatic heterocycles. The molecule has 1 atom stereocenters. The van der Waals surface area contributed by atoms with Gasteiger partial charge in [-0.25, -0.2) is 18.2 Å². The first-order valence-corrected chi connectivity index (χ1v) is 8.83. The Morgan fingerprint density at radius 2 is 1.96 bits per heavy atom. The van der Waals surface area contributed by atoms with Crippen molar-refractivity contribution in [1.82, 2.24) is 14.6 Å². The fraction of sp³-hybridized carbons (Fsp3) is 0.278. The summed E-state index contributed by atoms with van der Waals surface area (Å²) in [5, 5.41) is 22.9. The van der Waals surface area contributed by atoms with Crippen LogP contribution in [0.2, 0.25) is 5.15 Å². The highest BCUT2D eigenvalue weighted by Crippen LogP contribution is 2.42. The largest absolute Gasteiger partial charge is 0.394 e. The van der Waals surface area contributed by atoms with Gasteiger partial charge in [-0.2, -0.15) is 14.9 Å². The highest BCUT2D eigenvalue weighted by molar-refractivity contribution is 6.33. The van der Waals surface area contributed by atoms with E-state index >= 15 is 0 Å². The Morgan fingerprint density at radius 1 is 1.25 bits per heavy atom. The van der Waals surface area contributed by atoms with Crippen LogP contribution in [0.5, 0.6) is 0 Å². The molecule has 1 saturated heterocycles. The second-order valence-electron chi connectivity index (χ2n) is 6.42. The number of hydrogen-bond donors (Lipinski definition) is 1. The first kappa shape index (κ1) is 18.5. The summed E-state index contributed by atoms with van der Waals surface area (Å²) in [6.45, 7) is 0.279. The molecule has 4 rings (SSSR count). The lowest BCUT2D eigenvalue weighted by Crippen LogP contribution is -2.34. The molecule has 3 heterocycles. The van der Waals surface area contributed by atoms with Gasteiger partial charge in [0.2, 0.25) is 0 Å². The average Bonchev–Trinajstić information content (AvgIpc) is 3.27. The molecule has 1 N–H and O–H groups in total. The molecule has 1 fully saturated rings. The Bertz CT molecular complexity index is 1100. The molecule has 28 heavy (non-hydrogen) atoms. The third-order valence-corrected chi connectivity index (χ3v) is 5.09. The number of fused-ring (bicyclic) bond motifs is 1. The van der Waals surface area contributed by atoms with Crippen molar-refractivity contribution < 1.29 is 18.3 Å². The number of rotatable bonds is 3. The van der Waals surface area contributed by atoms with Crippen LogP contribution < -0.4 is 4.90 Å². The van der Waals surface area contributed by atoms with Crippen molar-refractivity contribution in [2.75, 3.05) is 18.1 Å². The molecule has 0 amide bonds. The Labute approximate surface area is 162 Å². The Kier molecular flexibility index (Phi) is 4.61. The molecular formula is C18H13ClF3N5O. The van der Waals surface area contributed by atoms with E-state index in [4.69, 9.17) is 11.6 Å². The smallest absolute Gasteiger partial charge is 0.176 e. The SMILES string of the molecule is N#Cc1cnn2c(N3CCC[C@H]3CO)c(-c3c(F)cc(F)cc3F)c(Cl)nc12. The molecule has 1 aliphatic rings. The molecule has 0 radical (unpaired) electrons. The van der Waals surface area contributed by atoms with Crippen LogP contribution in [0.15, 0.2) is 18.3 Å². The Hall–Kier alpha value is -2.83. The maximum atomic E-state index is 14.6. The lowest BCUT2D eigenvalue weighted by molar-refractivity contribution is 0.266. The first-order valence-electron chi connectivity index (χ1n) is 8.46. The predicted molar refractivity (Wildman–Crippen MR) is 95.5 cm³/mol. The van der Waals surface area contributed by atoms with E-state index in [1.165, 1.54) is 10.7 Å². The summed E-state index contributed by atoms with van der Waals surface area (Å²) < 4.78 is 43.8. The molecule has 6 nitrogen and oxygen atoms in total. The standard InChI is InChI=1S/C18H13ClF3N5O/c19-16-15(14-12(21)4-10(20)5-13(14)22)18(26-3-1-2-11(26)8-28)27-17(25-16)9(6-23)7-24-27/h4-5,7,11,28H,1-3,8H2/t11-/m0/s1. The number of nitriles is 1. The summed E-state index contributed by atoms with van der Waals surface area (Å²) >= 11 is 6.30. The van der Waals surface area contributed by atoms with Gasteiger partial charge in [-0.3, -0.25) is 0 Å². The van der Waals surface area contributed by atoms with Gasteiger partial charge in [-0.15, -0.1) is 0 Å². The van der Waals surface area contributed by atoms with Gasteiger partial charge >= 0.3 is 0 Å². The number of aliphatic hydroxyl groups is 1. The van der Waals surface area contributed by atoms with Gasteiger partial charge in [0.05, 0.1) is 30.0 Å². The molecule has 0 aliphatic carbocycles. The third-order valence-electron chi connectivity index (χ3n) is 4.82. The lowest BCUT2D eigenvalue weighted by atomic mass is 10.1. The van der Waals surface area contributed by atoms with Crippen molar-refractivity contribution in [3.8, 4) is 17.2 Å². The van der Waals surface area contributed by atoms with E-state index in [9.17, 15) is 23.5 Å². The van der Waals surface area contributed by atoms with Crippen molar-refractivity contribution >= 4 is 23.1 Å². The van der Waals surface area contributed by atoms with E-state index in [1.807, 2.05) is 6.07 Å². The molecule has 144 valence electrons. The summed E-state index contributed by atoms with van der Waals surface area (Å²) in [7, 11) is 0. The molecule has 3 aromatic rings. The number of benzene rings is 1. The van der Waals surface area contributed by atoms with Gasteiger partial charge in [0, 0.05) is 18.7 Å². The number of anilines is 1. The summed E-state index contributed by atoms with van der Waals surface area (Å²) in [5.41, 5.74) is -0.405. The Balaban J connectivity index is 2.11. The van der Waals surface area contributed by atoms with Gasteiger partial charge in [0.15, 0.2) is 5.65 Å². The van der Waals surface area contributed by atoms with Gasteiger partial charge in [-0.1, -0.05) is 11.6 Å². The first-order chi connectivity index (χ1) is 13.5. The second kappa shape index (κ2) is 6.96. The van der Waals surface area contributed by atoms with Gasteiger partial charge in [0.1, 0.15) is 40.1 Å². The summed E-state index contributed by atoms with van der Waals surface area (Å²) in [6, 6.07) is 2.72. The van der Waals surface area contributed by atoms with E-state index in [0.717, 1.165) is 6.42 Å². The number of aromatic nitrogens is 3. The average molecular weight is 408 g/mol.